The molecule has 1 aromatic heterocycles. The van der Waals surface area contributed by atoms with Gasteiger partial charge in [0.05, 0.1) is 19.2 Å². The van der Waals surface area contributed by atoms with Crippen molar-refractivity contribution >= 4 is 22.0 Å². The first kappa shape index (κ1) is 25.8. The Bertz CT molecular complexity index is 1170. The Hall–Kier alpha value is -2.82. The van der Waals surface area contributed by atoms with Crippen LogP contribution in [0.2, 0.25) is 0 Å². The van der Waals surface area contributed by atoms with Gasteiger partial charge in [0.2, 0.25) is 15.9 Å². The number of hydrogen-bond donors (Lipinski definition) is 1. The molecule has 1 aromatic carbocycles. The standard InChI is InChI=1S/C24H30FN3O5S/c1-5-8-18-11-19-23(26-12-18)33-21(16(2)13-28(24(19)30)17(3)15-29)14-27(4)34(31,32)22-10-7-6-9-20(22)25/h5-12,16-17,21,29H,13-15H2,1-4H3/t16-,17-,21-/m0/s1. The lowest BCUT2D eigenvalue weighted by molar-refractivity contribution is 0.0373. The fourth-order valence-electron chi connectivity index (χ4n) is 3.79. The number of allylic oxidation sites excluding steroid dienone is 1. The summed E-state index contributed by atoms with van der Waals surface area (Å²) in [5, 5.41) is 9.74. The van der Waals surface area contributed by atoms with E-state index in [1.165, 1.54) is 25.2 Å². The Kier molecular flexibility index (Phi) is 8.06. The second-order valence-corrected chi connectivity index (χ2v) is 10.5. The summed E-state index contributed by atoms with van der Waals surface area (Å²) in [5.41, 5.74) is 0.937. The van der Waals surface area contributed by atoms with Crippen LogP contribution in [0.25, 0.3) is 6.08 Å². The molecular weight excluding hydrogens is 461 g/mol. The number of carbonyl (C=O) groups is 1. The zero-order chi connectivity index (χ0) is 25.0. The summed E-state index contributed by atoms with van der Waals surface area (Å²) >= 11 is 0. The van der Waals surface area contributed by atoms with Gasteiger partial charge in [-0.05, 0) is 37.6 Å². The third-order valence-corrected chi connectivity index (χ3v) is 7.72. The summed E-state index contributed by atoms with van der Waals surface area (Å²) in [5.74, 6) is -1.39. The second-order valence-electron chi connectivity index (χ2n) is 8.46. The Labute approximate surface area is 199 Å². The molecule has 10 heteroatoms. The van der Waals surface area contributed by atoms with Crippen molar-refractivity contribution in [2.75, 3.05) is 26.7 Å². The van der Waals surface area contributed by atoms with Crippen LogP contribution in [0.1, 0.15) is 36.7 Å². The highest BCUT2D eigenvalue weighted by Crippen LogP contribution is 2.28. The average molecular weight is 492 g/mol. The molecular formula is C24H30FN3O5S. The number of aromatic nitrogens is 1. The summed E-state index contributed by atoms with van der Waals surface area (Å²) in [7, 11) is -2.76. The molecule has 3 atom stereocenters. The maximum absolute atomic E-state index is 14.2. The topological polar surface area (TPSA) is 100 Å². The van der Waals surface area contributed by atoms with Crippen LogP contribution in [-0.4, -0.2) is 72.5 Å². The Morgan fingerprint density at radius 3 is 2.74 bits per heavy atom. The van der Waals surface area contributed by atoms with Crippen molar-refractivity contribution in [3.63, 3.8) is 0 Å². The second kappa shape index (κ2) is 10.6. The molecule has 1 aliphatic rings. The highest BCUT2D eigenvalue weighted by Gasteiger charge is 2.36. The van der Waals surface area contributed by atoms with Crippen LogP contribution in [0.4, 0.5) is 4.39 Å². The van der Waals surface area contributed by atoms with E-state index in [1.807, 2.05) is 19.9 Å². The maximum atomic E-state index is 14.2. The lowest BCUT2D eigenvalue weighted by Gasteiger charge is -2.37. The van der Waals surface area contributed by atoms with Gasteiger partial charge in [-0.3, -0.25) is 4.79 Å². The van der Waals surface area contributed by atoms with Crippen LogP contribution in [0.3, 0.4) is 0 Å². The number of sulfonamides is 1. The number of rotatable bonds is 7. The minimum atomic E-state index is -4.12. The number of pyridine rings is 1. The van der Waals surface area contributed by atoms with Crippen LogP contribution >= 0.6 is 0 Å². The number of amides is 1. The molecule has 0 saturated heterocycles. The zero-order valence-electron chi connectivity index (χ0n) is 19.7. The molecule has 3 rings (SSSR count). The quantitative estimate of drug-likeness (QED) is 0.639. The zero-order valence-corrected chi connectivity index (χ0v) is 20.5. The maximum Gasteiger partial charge on any atom is 0.259 e. The van der Waals surface area contributed by atoms with Gasteiger partial charge in [0, 0.05) is 25.7 Å². The van der Waals surface area contributed by atoms with Gasteiger partial charge in [-0.1, -0.05) is 31.2 Å². The highest BCUT2D eigenvalue weighted by atomic mass is 32.2. The van der Waals surface area contributed by atoms with E-state index in [4.69, 9.17) is 4.74 Å². The predicted octanol–water partition coefficient (Wildman–Crippen LogP) is 2.79. The molecule has 0 radical (unpaired) electrons. The van der Waals surface area contributed by atoms with Gasteiger partial charge in [0.15, 0.2) is 0 Å². The van der Waals surface area contributed by atoms with E-state index in [0.29, 0.717) is 5.56 Å². The third-order valence-electron chi connectivity index (χ3n) is 5.86. The van der Waals surface area contributed by atoms with E-state index in [0.717, 1.165) is 10.4 Å². The molecule has 1 aliphatic heterocycles. The molecule has 8 nitrogen and oxygen atoms in total. The smallest absolute Gasteiger partial charge is 0.259 e. The molecule has 0 bridgehead atoms. The van der Waals surface area contributed by atoms with Crippen LogP contribution < -0.4 is 4.74 Å². The summed E-state index contributed by atoms with van der Waals surface area (Å²) < 4.78 is 47.4. The number of carbonyl (C=O) groups excluding carboxylic acids is 1. The minimum absolute atomic E-state index is 0.0848. The number of halogens is 1. The molecule has 34 heavy (non-hydrogen) atoms. The first-order valence-corrected chi connectivity index (χ1v) is 12.5. The minimum Gasteiger partial charge on any atom is -0.472 e. The normalized spacial score (nSPS) is 20.1. The van der Waals surface area contributed by atoms with Gasteiger partial charge in [0.25, 0.3) is 5.91 Å². The Morgan fingerprint density at radius 2 is 2.09 bits per heavy atom. The van der Waals surface area contributed by atoms with Crippen LogP contribution in [0.5, 0.6) is 5.88 Å². The van der Waals surface area contributed by atoms with Gasteiger partial charge in [-0.15, -0.1) is 0 Å². The summed E-state index contributed by atoms with van der Waals surface area (Å²) in [4.78, 5) is 18.8. The van der Waals surface area contributed by atoms with Crippen molar-refractivity contribution in [3.8, 4) is 5.88 Å². The molecule has 0 spiro atoms. The van der Waals surface area contributed by atoms with Crippen LogP contribution in [0, 0.1) is 11.7 Å². The van der Waals surface area contributed by atoms with Gasteiger partial charge in [-0.2, -0.15) is 4.31 Å². The van der Waals surface area contributed by atoms with E-state index in [-0.39, 0.29) is 43.0 Å². The van der Waals surface area contributed by atoms with Crippen molar-refractivity contribution in [2.45, 2.75) is 37.8 Å². The molecule has 0 saturated carbocycles. The monoisotopic (exact) mass is 491 g/mol. The number of likely N-dealkylation sites (N-methyl/N-ethyl adjacent to an activating group) is 1. The number of hydrogen-bond acceptors (Lipinski definition) is 6. The Balaban J connectivity index is 1.99. The Morgan fingerprint density at radius 1 is 1.38 bits per heavy atom. The average Bonchev–Trinajstić information content (AvgIpc) is 2.81. The van der Waals surface area contributed by atoms with Crippen molar-refractivity contribution in [1.29, 1.82) is 0 Å². The van der Waals surface area contributed by atoms with Crippen molar-refractivity contribution in [2.24, 2.45) is 5.92 Å². The van der Waals surface area contributed by atoms with Gasteiger partial charge < -0.3 is 14.7 Å². The molecule has 184 valence electrons. The molecule has 1 N–H and O–H groups in total. The molecule has 1 amide bonds. The van der Waals surface area contributed by atoms with Gasteiger partial charge in [0.1, 0.15) is 22.4 Å². The summed E-state index contributed by atoms with van der Waals surface area (Å²) in [6.45, 7) is 5.32. The van der Waals surface area contributed by atoms with E-state index in [9.17, 15) is 22.7 Å². The number of aliphatic hydroxyl groups is 1. The molecule has 0 unspecified atom stereocenters. The van der Waals surface area contributed by atoms with E-state index in [1.54, 1.807) is 30.2 Å². The van der Waals surface area contributed by atoms with Crippen LogP contribution in [-0.2, 0) is 10.0 Å². The molecule has 2 aromatic rings. The molecule has 0 aliphatic carbocycles. The fraction of sp³-hybridized carbons (Fsp3) is 0.417. The largest absolute Gasteiger partial charge is 0.472 e. The molecule has 2 heterocycles. The van der Waals surface area contributed by atoms with Gasteiger partial charge >= 0.3 is 0 Å². The number of nitrogens with zero attached hydrogens (tertiary/aromatic N) is 3. The first-order valence-electron chi connectivity index (χ1n) is 11.0. The number of ether oxygens (including phenoxy) is 1. The summed E-state index contributed by atoms with van der Waals surface area (Å²) in [6.07, 6.45) is 4.49. The van der Waals surface area contributed by atoms with Crippen molar-refractivity contribution in [3.05, 3.63) is 59.5 Å². The predicted molar refractivity (Wildman–Crippen MR) is 126 cm³/mol. The first-order chi connectivity index (χ1) is 16.1. The fourth-order valence-corrected chi connectivity index (χ4v) is 5.04. The SMILES string of the molecule is CC=Cc1cnc2c(c1)C(=O)N([C@@H](C)CO)C[C@H](C)[C@H](CN(C)S(=O)(=O)c1ccccc1F)O2. The van der Waals surface area contributed by atoms with Crippen molar-refractivity contribution < 1.29 is 27.4 Å². The van der Waals surface area contributed by atoms with Gasteiger partial charge in [-0.25, -0.2) is 17.8 Å². The summed E-state index contributed by atoms with van der Waals surface area (Å²) in [6, 6.07) is 6.39. The number of aliphatic hydroxyl groups excluding tert-OH is 1. The molecule has 0 fully saturated rings. The highest BCUT2D eigenvalue weighted by molar-refractivity contribution is 7.89. The number of benzene rings is 1. The lowest BCUT2D eigenvalue weighted by atomic mass is 10.00. The van der Waals surface area contributed by atoms with Crippen molar-refractivity contribution in [1.82, 2.24) is 14.2 Å². The third kappa shape index (κ3) is 5.29. The number of fused-ring (bicyclic) bond motifs is 1. The lowest BCUT2D eigenvalue weighted by Crippen LogP contribution is -2.50. The van der Waals surface area contributed by atoms with E-state index in [2.05, 4.69) is 4.98 Å². The van der Waals surface area contributed by atoms with Crippen LogP contribution in [0.15, 0.2) is 47.5 Å². The van der Waals surface area contributed by atoms with E-state index < -0.39 is 32.9 Å². The van der Waals surface area contributed by atoms with E-state index >= 15 is 0 Å².